The van der Waals surface area contributed by atoms with Crippen LogP contribution in [0.25, 0.3) is 10.9 Å². The first-order chi connectivity index (χ1) is 8.93. The Kier molecular flexibility index (Phi) is 3.37. The second-order valence-corrected chi connectivity index (χ2v) is 4.63. The topological polar surface area (TPSA) is 47.0 Å². The predicted octanol–water partition coefficient (Wildman–Crippen LogP) is 2.61. The molecule has 0 spiro atoms. The van der Waals surface area contributed by atoms with E-state index in [2.05, 4.69) is 21.6 Å². The zero-order valence-electron chi connectivity index (χ0n) is 10.3. The van der Waals surface area contributed by atoms with Crippen LogP contribution in [0.15, 0.2) is 30.5 Å². The minimum atomic E-state index is 0.429. The molecule has 4 nitrogen and oxygen atoms in total. The highest BCUT2D eigenvalue weighted by Crippen LogP contribution is 2.20. The lowest BCUT2D eigenvalue weighted by Crippen LogP contribution is -2.12. The van der Waals surface area contributed by atoms with Crippen molar-refractivity contribution >= 4 is 16.6 Å². The van der Waals surface area contributed by atoms with Crippen LogP contribution in [-0.2, 0) is 4.74 Å². The number of anilines is 1. The van der Waals surface area contributed by atoms with Gasteiger partial charge in [-0.05, 0) is 25.3 Å². The van der Waals surface area contributed by atoms with Crippen molar-refractivity contribution in [3.05, 3.63) is 30.5 Å². The van der Waals surface area contributed by atoms with Crippen LogP contribution < -0.4 is 5.32 Å². The zero-order valence-corrected chi connectivity index (χ0v) is 10.3. The minimum absolute atomic E-state index is 0.429. The van der Waals surface area contributed by atoms with Gasteiger partial charge in [0.25, 0.3) is 0 Å². The summed E-state index contributed by atoms with van der Waals surface area (Å²) in [6, 6.07) is 8.05. The molecule has 1 unspecified atom stereocenters. The van der Waals surface area contributed by atoms with Crippen molar-refractivity contribution < 1.29 is 4.74 Å². The lowest BCUT2D eigenvalue weighted by atomic mass is 10.1. The molecule has 1 aromatic heterocycles. The highest BCUT2D eigenvalue weighted by Gasteiger charge is 2.14. The zero-order chi connectivity index (χ0) is 12.2. The molecule has 1 aliphatic rings. The van der Waals surface area contributed by atoms with E-state index in [1.807, 2.05) is 18.2 Å². The van der Waals surface area contributed by atoms with Gasteiger partial charge in [0.2, 0.25) is 0 Å². The number of rotatable bonds is 4. The average Bonchev–Trinajstić information content (AvgIpc) is 2.92. The second kappa shape index (κ2) is 5.31. The summed E-state index contributed by atoms with van der Waals surface area (Å²) in [5.41, 5.74) is 1.98. The van der Waals surface area contributed by atoms with Crippen molar-refractivity contribution in [2.75, 3.05) is 18.5 Å². The molecular weight excluding hydrogens is 226 g/mol. The van der Waals surface area contributed by atoms with E-state index in [1.165, 1.54) is 12.8 Å². The van der Waals surface area contributed by atoms with Crippen LogP contribution >= 0.6 is 0 Å². The Balaban J connectivity index is 1.66. The van der Waals surface area contributed by atoms with Crippen molar-refractivity contribution in [2.24, 2.45) is 0 Å². The molecule has 3 rings (SSSR count). The van der Waals surface area contributed by atoms with Gasteiger partial charge in [0.1, 0.15) is 0 Å². The van der Waals surface area contributed by atoms with Crippen LogP contribution in [0.1, 0.15) is 19.3 Å². The fraction of sp³-hybridized carbons (Fsp3) is 0.429. The summed E-state index contributed by atoms with van der Waals surface area (Å²) in [6.07, 6.45) is 5.66. The van der Waals surface area contributed by atoms with Crippen molar-refractivity contribution in [3.63, 3.8) is 0 Å². The summed E-state index contributed by atoms with van der Waals surface area (Å²) >= 11 is 0. The van der Waals surface area contributed by atoms with E-state index in [1.54, 1.807) is 6.20 Å². The van der Waals surface area contributed by atoms with Gasteiger partial charge in [-0.2, -0.15) is 10.2 Å². The molecule has 1 fully saturated rings. The SMILES string of the molecule is c1ccc2c(NCCC3CCCO3)cnnc2c1. The van der Waals surface area contributed by atoms with Crippen LogP contribution in [-0.4, -0.2) is 29.5 Å². The number of fused-ring (bicyclic) bond motifs is 1. The molecule has 1 atom stereocenters. The number of nitrogens with zero attached hydrogens (tertiary/aromatic N) is 2. The van der Waals surface area contributed by atoms with Gasteiger partial charge in [0.15, 0.2) is 0 Å². The Morgan fingerprint density at radius 3 is 3.17 bits per heavy atom. The number of aromatic nitrogens is 2. The fourth-order valence-electron chi connectivity index (χ4n) is 2.39. The van der Waals surface area contributed by atoms with Gasteiger partial charge in [-0.25, -0.2) is 0 Å². The van der Waals surface area contributed by atoms with Crippen molar-refractivity contribution in [1.82, 2.24) is 10.2 Å². The molecule has 1 saturated heterocycles. The lowest BCUT2D eigenvalue weighted by Gasteiger charge is -2.11. The summed E-state index contributed by atoms with van der Waals surface area (Å²) in [6.45, 7) is 1.84. The first kappa shape index (κ1) is 11.4. The van der Waals surface area contributed by atoms with Gasteiger partial charge in [-0.15, -0.1) is 0 Å². The molecule has 0 bridgehead atoms. The Morgan fingerprint density at radius 1 is 1.33 bits per heavy atom. The minimum Gasteiger partial charge on any atom is -0.383 e. The maximum atomic E-state index is 5.61. The van der Waals surface area contributed by atoms with Crippen LogP contribution in [0.5, 0.6) is 0 Å². The van der Waals surface area contributed by atoms with E-state index in [-0.39, 0.29) is 0 Å². The van der Waals surface area contributed by atoms with E-state index in [9.17, 15) is 0 Å². The van der Waals surface area contributed by atoms with E-state index in [0.717, 1.165) is 36.2 Å². The van der Waals surface area contributed by atoms with E-state index < -0.39 is 0 Å². The molecular formula is C14H17N3O. The summed E-state index contributed by atoms with van der Waals surface area (Å²) in [4.78, 5) is 0. The van der Waals surface area contributed by atoms with Gasteiger partial charge in [0.05, 0.1) is 23.5 Å². The summed E-state index contributed by atoms with van der Waals surface area (Å²) in [5.74, 6) is 0. The number of benzene rings is 1. The smallest absolute Gasteiger partial charge is 0.0950 e. The van der Waals surface area contributed by atoms with Gasteiger partial charge in [-0.1, -0.05) is 18.2 Å². The van der Waals surface area contributed by atoms with Gasteiger partial charge in [-0.3, -0.25) is 0 Å². The monoisotopic (exact) mass is 243 g/mol. The van der Waals surface area contributed by atoms with Gasteiger partial charge >= 0.3 is 0 Å². The Hall–Kier alpha value is -1.68. The molecule has 0 aliphatic carbocycles. The van der Waals surface area contributed by atoms with E-state index >= 15 is 0 Å². The maximum absolute atomic E-state index is 5.61. The molecule has 0 radical (unpaired) electrons. The molecule has 18 heavy (non-hydrogen) atoms. The Bertz CT molecular complexity index is 518. The first-order valence-corrected chi connectivity index (χ1v) is 6.49. The van der Waals surface area contributed by atoms with Gasteiger partial charge in [0, 0.05) is 18.5 Å². The molecule has 1 aromatic carbocycles. The summed E-state index contributed by atoms with van der Waals surface area (Å²) < 4.78 is 5.61. The molecule has 4 heteroatoms. The second-order valence-electron chi connectivity index (χ2n) is 4.63. The van der Waals surface area contributed by atoms with Gasteiger partial charge < -0.3 is 10.1 Å². The van der Waals surface area contributed by atoms with Crippen molar-refractivity contribution in [3.8, 4) is 0 Å². The fourth-order valence-corrected chi connectivity index (χ4v) is 2.39. The standard InChI is InChI=1S/C14H17N3O/c1-2-6-13-12(5-1)14(10-16-17-13)15-8-7-11-4-3-9-18-11/h1-2,5-6,10-11H,3-4,7-9H2,(H,15,17). The van der Waals surface area contributed by atoms with Crippen LogP contribution in [0.4, 0.5) is 5.69 Å². The highest BCUT2D eigenvalue weighted by atomic mass is 16.5. The van der Waals surface area contributed by atoms with Crippen LogP contribution in [0.2, 0.25) is 0 Å². The third kappa shape index (κ3) is 2.43. The molecule has 94 valence electrons. The molecule has 2 aromatic rings. The molecule has 0 saturated carbocycles. The molecule has 1 aliphatic heterocycles. The predicted molar refractivity (Wildman–Crippen MR) is 71.6 cm³/mol. The largest absolute Gasteiger partial charge is 0.383 e. The van der Waals surface area contributed by atoms with Crippen molar-refractivity contribution in [1.29, 1.82) is 0 Å². The Labute approximate surface area is 106 Å². The van der Waals surface area contributed by atoms with Crippen molar-refractivity contribution in [2.45, 2.75) is 25.4 Å². The van der Waals surface area contributed by atoms with Crippen LogP contribution in [0, 0.1) is 0 Å². The van der Waals surface area contributed by atoms with E-state index in [0.29, 0.717) is 6.10 Å². The normalized spacial score (nSPS) is 19.2. The molecule has 2 heterocycles. The quantitative estimate of drug-likeness (QED) is 0.896. The highest BCUT2D eigenvalue weighted by molar-refractivity contribution is 5.90. The maximum Gasteiger partial charge on any atom is 0.0950 e. The third-order valence-corrected chi connectivity index (χ3v) is 3.35. The molecule has 0 amide bonds. The number of nitrogens with one attached hydrogen (secondary N) is 1. The summed E-state index contributed by atoms with van der Waals surface area (Å²) in [5, 5.41) is 12.7. The van der Waals surface area contributed by atoms with E-state index in [4.69, 9.17) is 4.74 Å². The first-order valence-electron chi connectivity index (χ1n) is 6.49. The van der Waals surface area contributed by atoms with Crippen LogP contribution in [0.3, 0.4) is 0 Å². The Morgan fingerprint density at radius 2 is 2.28 bits per heavy atom. The number of hydrogen-bond acceptors (Lipinski definition) is 4. The average molecular weight is 243 g/mol. The summed E-state index contributed by atoms with van der Waals surface area (Å²) in [7, 11) is 0. The molecule has 1 N–H and O–H groups in total. The third-order valence-electron chi connectivity index (χ3n) is 3.35. The number of hydrogen-bond donors (Lipinski definition) is 1. The lowest BCUT2D eigenvalue weighted by molar-refractivity contribution is 0.107. The number of ether oxygens (including phenoxy) is 1.